The Bertz CT molecular complexity index is 805. The van der Waals surface area contributed by atoms with Gasteiger partial charge in [-0.15, -0.1) is 0 Å². The molecule has 0 spiro atoms. The molecular weight excluding hydrogens is 338 g/mol. The fourth-order valence-electron chi connectivity index (χ4n) is 2.38. The molecule has 2 aromatic carbocycles. The van der Waals surface area contributed by atoms with Crippen LogP contribution in [0.15, 0.2) is 54.6 Å². The number of hydrogen-bond acceptors (Lipinski definition) is 6. The summed E-state index contributed by atoms with van der Waals surface area (Å²) in [5.41, 5.74) is 0.779. The highest BCUT2D eigenvalue weighted by atomic mass is 16.6. The van der Waals surface area contributed by atoms with Gasteiger partial charge in [-0.05, 0) is 17.7 Å². The van der Waals surface area contributed by atoms with E-state index in [9.17, 15) is 14.4 Å². The molecule has 1 aliphatic heterocycles. The van der Waals surface area contributed by atoms with Crippen molar-refractivity contribution in [2.75, 3.05) is 13.2 Å². The molecule has 26 heavy (non-hydrogen) atoms. The third-order valence-electron chi connectivity index (χ3n) is 3.60. The van der Waals surface area contributed by atoms with E-state index in [-0.39, 0.29) is 13.0 Å². The molecule has 1 aliphatic rings. The number of carbonyl (C=O) groups excluding carboxylic acids is 3. The van der Waals surface area contributed by atoms with Gasteiger partial charge in [0.2, 0.25) is 12.0 Å². The van der Waals surface area contributed by atoms with Crippen molar-refractivity contribution in [1.29, 1.82) is 0 Å². The number of fused-ring (bicyclic) bond motifs is 1. The number of amides is 2. The first kappa shape index (κ1) is 17.5. The highest BCUT2D eigenvalue weighted by molar-refractivity contribution is 5.97. The maximum atomic E-state index is 12.0. The zero-order chi connectivity index (χ0) is 18.4. The predicted molar refractivity (Wildman–Crippen MR) is 90.6 cm³/mol. The van der Waals surface area contributed by atoms with E-state index in [0.29, 0.717) is 11.5 Å². The summed E-state index contributed by atoms with van der Waals surface area (Å²) in [4.78, 5) is 35.5. The monoisotopic (exact) mass is 355 g/mol. The average Bonchev–Trinajstić information content (AvgIpc) is 2.66. The lowest BCUT2D eigenvalue weighted by molar-refractivity contribution is -0.158. The number of benzene rings is 2. The third-order valence-corrected chi connectivity index (χ3v) is 3.60. The van der Waals surface area contributed by atoms with Crippen molar-refractivity contribution < 1.29 is 28.6 Å². The second-order valence-electron chi connectivity index (χ2n) is 5.61. The molecular formula is C19H17NO6. The maximum Gasteiger partial charge on any atom is 0.351 e. The SMILES string of the molecule is O=C(COC(=O)C1COc2ccccc2O1)NC(=O)Cc1ccccc1. The lowest BCUT2D eigenvalue weighted by atomic mass is 10.1. The maximum absolute atomic E-state index is 12.0. The number of esters is 1. The molecule has 0 aromatic heterocycles. The Balaban J connectivity index is 1.43. The molecule has 7 nitrogen and oxygen atoms in total. The normalized spacial score (nSPS) is 15.0. The Morgan fingerprint density at radius 2 is 1.65 bits per heavy atom. The summed E-state index contributed by atoms with van der Waals surface area (Å²) in [6, 6.07) is 15.9. The van der Waals surface area contributed by atoms with Crippen molar-refractivity contribution in [2.45, 2.75) is 12.5 Å². The van der Waals surface area contributed by atoms with Crippen LogP contribution in [0.4, 0.5) is 0 Å². The summed E-state index contributed by atoms with van der Waals surface area (Å²) in [7, 11) is 0. The molecule has 1 unspecified atom stereocenters. The van der Waals surface area contributed by atoms with Crippen LogP contribution < -0.4 is 14.8 Å². The topological polar surface area (TPSA) is 90.9 Å². The van der Waals surface area contributed by atoms with Crippen molar-refractivity contribution >= 4 is 17.8 Å². The number of carbonyl (C=O) groups is 3. The number of para-hydroxylation sites is 2. The van der Waals surface area contributed by atoms with Crippen LogP contribution in [0, 0.1) is 0 Å². The van der Waals surface area contributed by atoms with E-state index in [1.807, 2.05) is 6.07 Å². The van der Waals surface area contributed by atoms with Gasteiger partial charge in [-0.3, -0.25) is 14.9 Å². The molecule has 1 N–H and O–H groups in total. The average molecular weight is 355 g/mol. The van der Waals surface area contributed by atoms with Gasteiger partial charge in [0.25, 0.3) is 5.91 Å². The molecule has 0 aliphatic carbocycles. The summed E-state index contributed by atoms with van der Waals surface area (Å²) in [5, 5.41) is 2.18. The minimum atomic E-state index is -0.960. The fourth-order valence-corrected chi connectivity index (χ4v) is 2.38. The van der Waals surface area contributed by atoms with E-state index < -0.39 is 30.5 Å². The van der Waals surface area contributed by atoms with E-state index in [0.717, 1.165) is 5.56 Å². The van der Waals surface area contributed by atoms with Crippen LogP contribution in [0.25, 0.3) is 0 Å². The van der Waals surface area contributed by atoms with Gasteiger partial charge in [-0.25, -0.2) is 4.79 Å². The Morgan fingerprint density at radius 1 is 0.962 bits per heavy atom. The molecule has 0 saturated heterocycles. The molecule has 1 atom stereocenters. The Hall–Kier alpha value is -3.35. The summed E-state index contributed by atoms with van der Waals surface area (Å²) in [6.45, 7) is -0.578. The smallest absolute Gasteiger partial charge is 0.351 e. The van der Waals surface area contributed by atoms with E-state index in [4.69, 9.17) is 14.2 Å². The molecule has 0 bridgehead atoms. The van der Waals surface area contributed by atoms with E-state index >= 15 is 0 Å². The number of nitrogens with one attached hydrogen (secondary N) is 1. The molecule has 2 aromatic rings. The quantitative estimate of drug-likeness (QED) is 0.812. The van der Waals surface area contributed by atoms with Crippen LogP contribution in [0.3, 0.4) is 0 Å². The molecule has 134 valence electrons. The van der Waals surface area contributed by atoms with Crippen LogP contribution in [0.5, 0.6) is 11.5 Å². The van der Waals surface area contributed by atoms with Crippen molar-refractivity contribution in [2.24, 2.45) is 0 Å². The lowest BCUT2D eigenvalue weighted by Gasteiger charge is -2.24. The number of hydrogen-bond donors (Lipinski definition) is 1. The largest absolute Gasteiger partial charge is 0.485 e. The van der Waals surface area contributed by atoms with Crippen LogP contribution in [0.2, 0.25) is 0 Å². The number of imide groups is 1. The number of ether oxygens (including phenoxy) is 3. The Labute approximate surface area is 149 Å². The highest BCUT2D eigenvalue weighted by Crippen LogP contribution is 2.31. The van der Waals surface area contributed by atoms with Crippen LogP contribution in [0.1, 0.15) is 5.56 Å². The highest BCUT2D eigenvalue weighted by Gasteiger charge is 2.29. The van der Waals surface area contributed by atoms with Gasteiger partial charge >= 0.3 is 5.97 Å². The van der Waals surface area contributed by atoms with Gasteiger partial charge in [0.05, 0.1) is 6.42 Å². The number of rotatable bonds is 5. The molecule has 0 saturated carbocycles. The first-order valence-corrected chi connectivity index (χ1v) is 8.03. The summed E-state index contributed by atoms with van der Waals surface area (Å²) in [6.07, 6.45) is -0.894. The van der Waals surface area contributed by atoms with Crippen LogP contribution in [-0.2, 0) is 25.5 Å². The second kappa shape index (κ2) is 8.15. The van der Waals surface area contributed by atoms with Crippen molar-refractivity contribution in [3.05, 3.63) is 60.2 Å². The molecule has 2 amide bonds. The molecule has 3 rings (SSSR count). The van der Waals surface area contributed by atoms with Crippen molar-refractivity contribution in [3.8, 4) is 11.5 Å². The zero-order valence-corrected chi connectivity index (χ0v) is 13.8. The van der Waals surface area contributed by atoms with Gasteiger partial charge in [-0.2, -0.15) is 0 Å². The summed E-state index contributed by atoms with van der Waals surface area (Å²) >= 11 is 0. The minimum Gasteiger partial charge on any atom is -0.485 e. The van der Waals surface area contributed by atoms with E-state index in [1.165, 1.54) is 0 Å². The van der Waals surface area contributed by atoms with E-state index in [2.05, 4.69) is 5.32 Å². The Morgan fingerprint density at radius 3 is 2.42 bits per heavy atom. The molecule has 1 heterocycles. The summed E-state index contributed by atoms with van der Waals surface area (Å²) in [5.74, 6) is -0.922. The standard InChI is InChI=1S/C19H17NO6/c21-17(10-13-6-2-1-3-7-13)20-18(22)12-25-19(23)16-11-24-14-8-4-5-9-15(14)26-16/h1-9,16H,10-12H2,(H,20,21,22). The fraction of sp³-hybridized carbons (Fsp3) is 0.211. The van der Waals surface area contributed by atoms with Gasteiger partial charge < -0.3 is 14.2 Å². The lowest BCUT2D eigenvalue weighted by Crippen LogP contribution is -2.40. The van der Waals surface area contributed by atoms with Crippen LogP contribution >= 0.6 is 0 Å². The van der Waals surface area contributed by atoms with Crippen molar-refractivity contribution in [3.63, 3.8) is 0 Å². The summed E-state index contributed by atoms with van der Waals surface area (Å²) < 4.78 is 15.8. The van der Waals surface area contributed by atoms with Gasteiger partial charge in [0.15, 0.2) is 18.1 Å². The second-order valence-corrected chi connectivity index (χ2v) is 5.61. The molecule has 7 heteroatoms. The Kier molecular flexibility index (Phi) is 5.48. The van der Waals surface area contributed by atoms with E-state index in [1.54, 1.807) is 48.5 Å². The first-order chi connectivity index (χ1) is 12.6. The zero-order valence-electron chi connectivity index (χ0n) is 13.8. The third kappa shape index (κ3) is 4.60. The minimum absolute atomic E-state index is 0.00952. The van der Waals surface area contributed by atoms with Crippen LogP contribution in [-0.4, -0.2) is 37.1 Å². The van der Waals surface area contributed by atoms with Gasteiger partial charge in [-0.1, -0.05) is 42.5 Å². The van der Waals surface area contributed by atoms with Gasteiger partial charge in [0.1, 0.15) is 6.61 Å². The molecule has 0 fully saturated rings. The van der Waals surface area contributed by atoms with Crippen molar-refractivity contribution in [1.82, 2.24) is 5.32 Å². The molecule has 0 radical (unpaired) electrons. The predicted octanol–water partition coefficient (Wildman–Crippen LogP) is 1.26. The van der Waals surface area contributed by atoms with Gasteiger partial charge in [0, 0.05) is 0 Å². The first-order valence-electron chi connectivity index (χ1n) is 8.03.